The molecule has 1 unspecified atom stereocenters. The van der Waals surface area contributed by atoms with Gasteiger partial charge in [0.1, 0.15) is 5.54 Å². The van der Waals surface area contributed by atoms with E-state index in [2.05, 4.69) is 5.32 Å². The van der Waals surface area contributed by atoms with Gasteiger partial charge >= 0.3 is 5.97 Å². The zero-order valence-electron chi connectivity index (χ0n) is 17.6. The maximum absolute atomic E-state index is 11.4. The Morgan fingerprint density at radius 3 is 2.10 bits per heavy atom. The lowest BCUT2D eigenvalue weighted by molar-refractivity contribution is -0.146. The number of carbonyl (C=O) groups is 2. The monoisotopic (exact) mass is 402 g/mol. The number of carboxylic acid groups (broad SMARTS) is 1. The maximum atomic E-state index is 11.4. The Morgan fingerprint density at radius 1 is 1.10 bits per heavy atom. The van der Waals surface area contributed by atoms with Gasteiger partial charge in [0, 0.05) is 19.4 Å². The fourth-order valence-electron chi connectivity index (χ4n) is 2.72. The molecular formula is C22H30N2O5. The van der Waals surface area contributed by atoms with E-state index in [0.29, 0.717) is 11.5 Å². The van der Waals surface area contributed by atoms with Crippen molar-refractivity contribution < 1.29 is 24.2 Å². The molecule has 0 spiro atoms. The molecule has 2 aromatic rings. The van der Waals surface area contributed by atoms with Crippen LogP contribution in [-0.2, 0) is 16.0 Å². The second-order valence-corrected chi connectivity index (χ2v) is 6.88. The molecular weight excluding hydrogens is 372 g/mol. The molecule has 0 aliphatic heterocycles. The van der Waals surface area contributed by atoms with Crippen molar-refractivity contribution in [1.82, 2.24) is 5.32 Å². The zero-order chi connectivity index (χ0) is 22.0. The van der Waals surface area contributed by atoms with Crippen LogP contribution in [0, 0.1) is 0 Å². The van der Waals surface area contributed by atoms with Crippen molar-refractivity contribution in [3.8, 4) is 11.5 Å². The van der Waals surface area contributed by atoms with Gasteiger partial charge in [0.2, 0.25) is 5.91 Å². The SMILES string of the molecule is CC(N)c1ccccc1.COc1ccc(C[C@](C)(NC(C)=O)C(=O)O)cc1OC. The van der Waals surface area contributed by atoms with Crippen LogP contribution in [0.2, 0.25) is 0 Å². The standard InChI is InChI=1S/C14H19NO5.C8H11N/c1-9(16)15-14(2,13(17)18)8-10-5-6-11(19-3)12(7-10)20-4;1-7(9)8-5-3-2-4-6-8/h5-7H,8H2,1-4H3,(H,15,16)(H,17,18);2-7H,9H2,1H3/t14-;/m0./s1. The number of hydrogen-bond donors (Lipinski definition) is 3. The van der Waals surface area contributed by atoms with Gasteiger partial charge in [0.15, 0.2) is 11.5 Å². The molecule has 0 fully saturated rings. The lowest BCUT2D eigenvalue weighted by atomic mass is 9.92. The first-order chi connectivity index (χ1) is 13.6. The second kappa shape index (κ2) is 11.1. The van der Waals surface area contributed by atoms with E-state index in [4.69, 9.17) is 15.2 Å². The number of hydrogen-bond acceptors (Lipinski definition) is 5. The van der Waals surface area contributed by atoms with E-state index in [1.165, 1.54) is 33.6 Å². The number of aliphatic carboxylic acids is 1. The summed E-state index contributed by atoms with van der Waals surface area (Å²) in [5.74, 6) is -0.411. The van der Waals surface area contributed by atoms with Crippen LogP contribution < -0.4 is 20.5 Å². The Kier molecular flexibility index (Phi) is 9.15. The minimum atomic E-state index is -1.37. The summed E-state index contributed by atoms with van der Waals surface area (Å²) < 4.78 is 10.3. The van der Waals surface area contributed by atoms with Crippen molar-refractivity contribution in [3.05, 3.63) is 59.7 Å². The molecule has 0 radical (unpaired) electrons. The molecule has 0 aromatic heterocycles. The molecule has 0 aliphatic carbocycles. The summed E-state index contributed by atoms with van der Waals surface area (Å²) in [6, 6.07) is 15.3. The van der Waals surface area contributed by atoms with Gasteiger partial charge in [-0.2, -0.15) is 0 Å². The van der Waals surface area contributed by atoms with Gasteiger partial charge in [-0.25, -0.2) is 4.79 Å². The number of methoxy groups -OCH3 is 2. The molecule has 7 heteroatoms. The topological polar surface area (TPSA) is 111 Å². The lowest BCUT2D eigenvalue weighted by Gasteiger charge is -2.26. The summed E-state index contributed by atoms with van der Waals surface area (Å²) in [7, 11) is 3.03. The van der Waals surface area contributed by atoms with Gasteiger partial charge in [0.05, 0.1) is 14.2 Å². The first-order valence-electron chi connectivity index (χ1n) is 9.16. The summed E-state index contributed by atoms with van der Waals surface area (Å²) in [4.78, 5) is 22.5. The highest BCUT2D eigenvalue weighted by Gasteiger charge is 2.34. The van der Waals surface area contributed by atoms with Crippen molar-refractivity contribution in [2.45, 2.75) is 38.8 Å². The minimum absolute atomic E-state index is 0.141. The maximum Gasteiger partial charge on any atom is 0.329 e. The van der Waals surface area contributed by atoms with Crippen molar-refractivity contribution >= 4 is 11.9 Å². The van der Waals surface area contributed by atoms with Crippen LogP contribution in [0.25, 0.3) is 0 Å². The van der Waals surface area contributed by atoms with Crippen LogP contribution in [0.4, 0.5) is 0 Å². The molecule has 4 N–H and O–H groups in total. The van der Waals surface area contributed by atoms with Gasteiger partial charge in [-0.3, -0.25) is 4.79 Å². The van der Waals surface area contributed by atoms with Crippen molar-refractivity contribution in [3.63, 3.8) is 0 Å². The number of benzene rings is 2. The van der Waals surface area contributed by atoms with Crippen molar-refractivity contribution in [2.75, 3.05) is 14.2 Å². The van der Waals surface area contributed by atoms with Crippen LogP contribution in [0.15, 0.2) is 48.5 Å². The first kappa shape index (κ1) is 24.0. The number of nitrogens with one attached hydrogen (secondary N) is 1. The number of ether oxygens (including phenoxy) is 2. The van der Waals surface area contributed by atoms with Crippen LogP contribution in [0.3, 0.4) is 0 Å². The van der Waals surface area contributed by atoms with E-state index in [-0.39, 0.29) is 12.5 Å². The van der Waals surface area contributed by atoms with E-state index in [0.717, 1.165) is 5.56 Å². The summed E-state index contributed by atoms with van der Waals surface area (Å²) >= 11 is 0. The Labute approximate surface area is 171 Å². The average Bonchev–Trinajstić information content (AvgIpc) is 2.68. The summed E-state index contributed by atoms with van der Waals surface area (Å²) in [5, 5.41) is 11.8. The number of carboxylic acids is 1. The van der Waals surface area contributed by atoms with Gasteiger partial charge in [-0.1, -0.05) is 36.4 Å². The van der Waals surface area contributed by atoms with Crippen LogP contribution >= 0.6 is 0 Å². The van der Waals surface area contributed by atoms with Gasteiger partial charge in [-0.15, -0.1) is 0 Å². The molecule has 0 aliphatic rings. The molecule has 2 atom stereocenters. The van der Waals surface area contributed by atoms with Crippen LogP contribution in [0.1, 0.15) is 37.9 Å². The van der Waals surface area contributed by atoms with E-state index >= 15 is 0 Å². The Morgan fingerprint density at radius 2 is 1.69 bits per heavy atom. The third-order valence-corrected chi connectivity index (χ3v) is 4.25. The Bertz CT molecular complexity index is 808. The van der Waals surface area contributed by atoms with Crippen molar-refractivity contribution in [1.29, 1.82) is 0 Å². The van der Waals surface area contributed by atoms with E-state index in [1.54, 1.807) is 18.2 Å². The molecule has 1 amide bonds. The molecule has 0 heterocycles. The molecule has 158 valence electrons. The molecule has 29 heavy (non-hydrogen) atoms. The highest BCUT2D eigenvalue weighted by Crippen LogP contribution is 2.29. The first-order valence-corrected chi connectivity index (χ1v) is 9.16. The number of rotatable bonds is 7. The average molecular weight is 402 g/mol. The smallest absolute Gasteiger partial charge is 0.329 e. The summed E-state index contributed by atoms with van der Waals surface area (Å²) in [6.07, 6.45) is 0.141. The molecule has 7 nitrogen and oxygen atoms in total. The van der Waals surface area contributed by atoms with Crippen LogP contribution in [-0.4, -0.2) is 36.7 Å². The molecule has 2 rings (SSSR count). The third kappa shape index (κ3) is 7.46. The fraction of sp³-hybridized carbons (Fsp3) is 0.364. The molecule has 0 saturated heterocycles. The highest BCUT2D eigenvalue weighted by atomic mass is 16.5. The number of carbonyl (C=O) groups excluding carboxylic acids is 1. The predicted molar refractivity (Wildman–Crippen MR) is 112 cm³/mol. The lowest BCUT2D eigenvalue weighted by Crippen LogP contribution is -2.53. The largest absolute Gasteiger partial charge is 0.493 e. The highest BCUT2D eigenvalue weighted by molar-refractivity contribution is 5.85. The van der Waals surface area contributed by atoms with Gasteiger partial charge in [-0.05, 0) is 37.1 Å². The zero-order valence-corrected chi connectivity index (χ0v) is 17.6. The summed E-state index contributed by atoms with van der Waals surface area (Å²) in [6.45, 7) is 4.73. The Balaban J connectivity index is 0.000000387. The quantitative estimate of drug-likeness (QED) is 0.657. The Hall–Kier alpha value is -3.06. The second-order valence-electron chi connectivity index (χ2n) is 6.88. The van der Waals surface area contributed by atoms with Crippen molar-refractivity contribution in [2.24, 2.45) is 5.73 Å². The minimum Gasteiger partial charge on any atom is -0.493 e. The van der Waals surface area contributed by atoms with Gasteiger partial charge in [0.25, 0.3) is 0 Å². The predicted octanol–water partition coefficient (Wildman–Crippen LogP) is 2.93. The van der Waals surface area contributed by atoms with Gasteiger partial charge < -0.3 is 25.6 Å². The summed E-state index contributed by atoms with van der Waals surface area (Å²) in [5.41, 5.74) is 6.16. The fourth-order valence-corrected chi connectivity index (χ4v) is 2.72. The molecule has 0 bridgehead atoms. The number of amides is 1. The molecule has 2 aromatic carbocycles. The normalized spacial score (nSPS) is 13.2. The van der Waals surface area contributed by atoms with E-state index in [1.807, 2.05) is 37.3 Å². The third-order valence-electron chi connectivity index (χ3n) is 4.25. The molecule has 0 saturated carbocycles. The van der Waals surface area contributed by atoms with E-state index in [9.17, 15) is 14.7 Å². The van der Waals surface area contributed by atoms with Crippen LogP contribution in [0.5, 0.6) is 11.5 Å². The van der Waals surface area contributed by atoms with E-state index < -0.39 is 17.4 Å². The number of nitrogens with two attached hydrogens (primary N) is 1.